The predicted molar refractivity (Wildman–Crippen MR) is 97.9 cm³/mol. The van der Waals surface area contributed by atoms with Gasteiger partial charge >= 0.3 is 0 Å². The van der Waals surface area contributed by atoms with Crippen LogP contribution < -0.4 is 5.32 Å². The molecule has 1 fully saturated rings. The fourth-order valence-corrected chi connectivity index (χ4v) is 3.44. The lowest BCUT2D eigenvalue weighted by atomic mass is 9.90. The van der Waals surface area contributed by atoms with E-state index in [1.54, 1.807) is 6.20 Å². The number of benzene rings is 1. The van der Waals surface area contributed by atoms with Gasteiger partial charge in [-0.3, -0.25) is 4.79 Å². The summed E-state index contributed by atoms with van der Waals surface area (Å²) in [5.41, 5.74) is 1.94. The van der Waals surface area contributed by atoms with Crippen LogP contribution in [0.2, 0.25) is 0 Å². The number of likely N-dealkylation sites (tertiary alicyclic amines) is 1. The zero-order valence-corrected chi connectivity index (χ0v) is 15.3. The molecular formula is C18H23BrN4O. The molecule has 6 heteroatoms. The Balaban J connectivity index is 1.34. The number of carbonyl (C=O) groups is 1. The summed E-state index contributed by atoms with van der Waals surface area (Å²) in [5.74, 6) is 0.680. The van der Waals surface area contributed by atoms with Crippen molar-refractivity contribution in [1.82, 2.24) is 20.2 Å². The van der Waals surface area contributed by atoms with Crippen molar-refractivity contribution >= 4 is 21.8 Å². The van der Waals surface area contributed by atoms with Crippen LogP contribution in [0.4, 0.5) is 0 Å². The van der Waals surface area contributed by atoms with E-state index < -0.39 is 0 Å². The van der Waals surface area contributed by atoms with Crippen molar-refractivity contribution in [2.75, 3.05) is 26.2 Å². The number of carbonyl (C=O) groups excluding carboxylic acids is 1. The van der Waals surface area contributed by atoms with Crippen LogP contribution in [0.15, 0.2) is 41.3 Å². The summed E-state index contributed by atoms with van der Waals surface area (Å²) in [6.45, 7) is 3.81. The Morgan fingerprint density at radius 1 is 1.29 bits per heavy atom. The van der Waals surface area contributed by atoms with E-state index in [1.165, 1.54) is 24.7 Å². The molecular weight excluding hydrogens is 368 g/mol. The van der Waals surface area contributed by atoms with Crippen LogP contribution in [-0.2, 0) is 6.42 Å². The first-order valence-corrected chi connectivity index (χ1v) is 9.23. The minimum Gasteiger partial charge on any atom is -0.349 e. The Kier molecular flexibility index (Phi) is 6.04. The van der Waals surface area contributed by atoms with Gasteiger partial charge in [0, 0.05) is 17.6 Å². The van der Waals surface area contributed by atoms with Crippen LogP contribution in [0.1, 0.15) is 28.9 Å². The molecule has 5 nitrogen and oxygen atoms in total. The molecule has 0 bridgehead atoms. The van der Waals surface area contributed by atoms with E-state index in [0.29, 0.717) is 12.2 Å². The molecule has 0 aliphatic carbocycles. The predicted octanol–water partition coefficient (Wildman–Crippen LogP) is 2.86. The Hall–Kier alpha value is -1.66. The van der Waals surface area contributed by atoms with Crippen LogP contribution in [0.5, 0.6) is 0 Å². The highest BCUT2D eigenvalue weighted by atomic mass is 79.9. The summed E-state index contributed by atoms with van der Waals surface area (Å²) in [4.78, 5) is 20.9. The van der Waals surface area contributed by atoms with Gasteiger partial charge in [-0.05, 0) is 56.0 Å². The van der Waals surface area contributed by atoms with Crippen molar-refractivity contribution in [3.63, 3.8) is 0 Å². The number of rotatable bonds is 6. The molecule has 1 aliphatic heterocycles. The maximum Gasteiger partial charge on any atom is 0.269 e. The van der Waals surface area contributed by atoms with Gasteiger partial charge in [-0.1, -0.05) is 28.1 Å². The van der Waals surface area contributed by atoms with Crippen molar-refractivity contribution in [2.24, 2.45) is 5.92 Å². The van der Waals surface area contributed by atoms with E-state index in [9.17, 15) is 4.79 Å². The lowest BCUT2D eigenvalue weighted by molar-refractivity contribution is 0.0939. The topological polar surface area (TPSA) is 61.0 Å². The Labute approximate surface area is 151 Å². The maximum atomic E-state index is 11.8. The zero-order valence-electron chi connectivity index (χ0n) is 13.7. The zero-order chi connectivity index (χ0) is 16.8. The number of amides is 1. The van der Waals surface area contributed by atoms with Gasteiger partial charge in [-0.2, -0.15) is 0 Å². The largest absolute Gasteiger partial charge is 0.349 e. The highest BCUT2D eigenvalue weighted by Crippen LogP contribution is 2.22. The van der Waals surface area contributed by atoms with Gasteiger partial charge in [-0.25, -0.2) is 4.98 Å². The molecule has 0 radical (unpaired) electrons. The Bertz CT molecular complexity index is 634. The molecule has 0 spiro atoms. The number of aromatic nitrogens is 2. The summed E-state index contributed by atoms with van der Waals surface area (Å²) in [5, 5.41) is 2.93. The Morgan fingerprint density at radius 2 is 2.04 bits per heavy atom. The van der Waals surface area contributed by atoms with E-state index in [-0.39, 0.29) is 5.91 Å². The van der Waals surface area contributed by atoms with E-state index in [2.05, 4.69) is 60.4 Å². The average molecular weight is 391 g/mol. The number of aromatic amines is 1. The maximum absolute atomic E-state index is 11.8. The summed E-state index contributed by atoms with van der Waals surface area (Å²) >= 11 is 3.48. The minimum absolute atomic E-state index is 0.0855. The number of nitrogens with one attached hydrogen (secondary N) is 2. The lowest BCUT2D eigenvalue weighted by Crippen LogP contribution is -2.40. The van der Waals surface area contributed by atoms with Crippen LogP contribution >= 0.6 is 15.9 Å². The van der Waals surface area contributed by atoms with Crippen molar-refractivity contribution in [2.45, 2.75) is 19.3 Å². The summed E-state index contributed by atoms with van der Waals surface area (Å²) in [7, 11) is 0. The van der Waals surface area contributed by atoms with Gasteiger partial charge in [0.25, 0.3) is 5.91 Å². The summed E-state index contributed by atoms with van der Waals surface area (Å²) in [6.07, 6.45) is 6.68. The quantitative estimate of drug-likeness (QED) is 0.796. The molecule has 0 atom stereocenters. The number of imidazole rings is 1. The van der Waals surface area contributed by atoms with E-state index in [1.807, 2.05) is 0 Å². The average Bonchev–Trinajstić information content (AvgIpc) is 3.13. The van der Waals surface area contributed by atoms with Crippen molar-refractivity contribution in [1.29, 1.82) is 0 Å². The molecule has 1 amide bonds. The van der Waals surface area contributed by atoms with E-state index in [0.717, 1.165) is 36.4 Å². The molecule has 128 valence electrons. The number of hydrogen-bond acceptors (Lipinski definition) is 3. The first-order chi connectivity index (χ1) is 11.7. The molecule has 1 aromatic carbocycles. The van der Waals surface area contributed by atoms with Gasteiger partial charge in [0.1, 0.15) is 5.69 Å². The first-order valence-electron chi connectivity index (χ1n) is 8.44. The van der Waals surface area contributed by atoms with Gasteiger partial charge in [0.2, 0.25) is 0 Å². The summed E-state index contributed by atoms with van der Waals surface area (Å²) < 4.78 is 1.14. The number of nitrogens with zero attached hydrogens (tertiary/aromatic N) is 2. The highest BCUT2D eigenvalue weighted by Gasteiger charge is 2.19. The minimum atomic E-state index is -0.0855. The number of halogens is 1. The third-order valence-electron chi connectivity index (χ3n) is 4.60. The van der Waals surface area contributed by atoms with Gasteiger partial charge in [0.15, 0.2) is 0 Å². The molecule has 2 aromatic rings. The number of piperidine rings is 1. The van der Waals surface area contributed by atoms with Gasteiger partial charge in [-0.15, -0.1) is 0 Å². The van der Waals surface area contributed by atoms with Gasteiger partial charge < -0.3 is 15.2 Å². The second-order valence-corrected chi connectivity index (χ2v) is 7.25. The fourth-order valence-electron chi connectivity index (χ4n) is 3.17. The van der Waals surface area contributed by atoms with Crippen molar-refractivity contribution in [3.8, 4) is 0 Å². The third kappa shape index (κ3) is 4.92. The van der Waals surface area contributed by atoms with Crippen molar-refractivity contribution < 1.29 is 4.79 Å². The van der Waals surface area contributed by atoms with Crippen LogP contribution in [0.3, 0.4) is 0 Å². The normalized spacial score (nSPS) is 16.2. The molecule has 1 aliphatic rings. The molecule has 24 heavy (non-hydrogen) atoms. The third-order valence-corrected chi connectivity index (χ3v) is 5.13. The molecule has 0 saturated carbocycles. The standard InChI is InChI=1S/C18H23BrN4O/c19-16-3-1-14(2-4-16)11-15-5-8-23(9-6-15)10-7-21-18(24)17-12-20-13-22-17/h1-4,12-13,15H,5-11H2,(H,20,22)(H,21,24). The molecule has 0 unspecified atom stereocenters. The van der Waals surface area contributed by atoms with Crippen LogP contribution in [-0.4, -0.2) is 47.0 Å². The number of H-pyrrole nitrogens is 1. The monoisotopic (exact) mass is 390 g/mol. The van der Waals surface area contributed by atoms with Crippen LogP contribution in [0, 0.1) is 5.92 Å². The first kappa shape index (κ1) is 17.2. The molecule has 3 rings (SSSR count). The van der Waals surface area contributed by atoms with Gasteiger partial charge in [0.05, 0.1) is 12.5 Å². The Morgan fingerprint density at radius 3 is 2.71 bits per heavy atom. The van der Waals surface area contributed by atoms with Crippen LogP contribution in [0.25, 0.3) is 0 Å². The van der Waals surface area contributed by atoms with E-state index >= 15 is 0 Å². The number of hydrogen-bond donors (Lipinski definition) is 2. The highest BCUT2D eigenvalue weighted by molar-refractivity contribution is 9.10. The second-order valence-electron chi connectivity index (χ2n) is 6.34. The van der Waals surface area contributed by atoms with Crippen molar-refractivity contribution in [3.05, 3.63) is 52.5 Å². The molecule has 1 saturated heterocycles. The molecule has 2 N–H and O–H groups in total. The summed E-state index contributed by atoms with van der Waals surface area (Å²) in [6, 6.07) is 8.66. The smallest absolute Gasteiger partial charge is 0.269 e. The molecule has 2 heterocycles. The SMILES string of the molecule is O=C(NCCN1CCC(Cc2ccc(Br)cc2)CC1)c1cnc[nH]1. The lowest BCUT2D eigenvalue weighted by Gasteiger charge is -2.32. The second kappa shape index (κ2) is 8.44. The van der Waals surface area contributed by atoms with E-state index in [4.69, 9.17) is 0 Å². The fraction of sp³-hybridized carbons (Fsp3) is 0.444. The molecule has 1 aromatic heterocycles.